The van der Waals surface area contributed by atoms with Crippen molar-refractivity contribution in [2.75, 3.05) is 6.61 Å². The first-order valence-corrected chi connectivity index (χ1v) is 14.2. The quantitative estimate of drug-likeness (QED) is 0.177. The Morgan fingerprint density at radius 3 is 2.67 bits per heavy atom. The third-order valence-corrected chi connectivity index (χ3v) is 7.85. The van der Waals surface area contributed by atoms with Crippen LogP contribution in [0.15, 0.2) is 77.0 Å². The highest BCUT2D eigenvalue weighted by Crippen LogP contribution is 2.49. The number of ether oxygens (including phenoxy) is 2. The van der Waals surface area contributed by atoms with Gasteiger partial charge in [0, 0.05) is 24.1 Å². The Morgan fingerprint density at radius 2 is 1.98 bits per heavy atom. The molecule has 1 aliphatic heterocycles. The summed E-state index contributed by atoms with van der Waals surface area (Å²) in [6.07, 6.45) is -0.291. The summed E-state index contributed by atoms with van der Waals surface area (Å²) in [4.78, 5) is 38.4. The lowest BCUT2D eigenvalue weighted by molar-refractivity contribution is -0.149. The molecule has 1 unspecified atom stereocenters. The van der Waals surface area contributed by atoms with Crippen LogP contribution in [0.3, 0.4) is 0 Å². The third-order valence-electron chi connectivity index (χ3n) is 6.24. The molecule has 0 bridgehead atoms. The minimum absolute atomic E-state index is 0.0774. The van der Waals surface area contributed by atoms with Crippen molar-refractivity contribution < 1.29 is 33.0 Å². The van der Waals surface area contributed by atoms with E-state index in [9.17, 15) is 24.1 Å². The Hall–Kier alpha value is -3.54. The molecule has 2 aromatic carbocycles. The molecule has 3 aromatic rings. The minimum atomic E-state index is -4.31. The fraction of sp³-hybridized carbons (Fsp3) is 0.370. The van der Waals surface area contributed by atoms with Gasteiger partial charge in [-0.2, -0.15) is 5.09 Å². The van der Waals surface area contributed by atoms with E-state index in [4.69, 9.17) is 18.5 Å². The van der Waals surface area contributed by atoms with Gasteiger partial charge in [-0.05, 0) is 32.2 Å². The third kappa shape index (κ3) is 6.60. The van der Waals surface area contributed by atoms with Gasteiger partial charge in [0.15, 0.2) is 6.23 Å². The van der Waals surface area contributed by atoms with Crippen molar-refractivity contribution in [3.05, 3.63) is 88.2 Å². The molecule has 13 heteroatoms. The van der Waals surface area contributed by atoms with Crippen LogP contribution < -0.4 is 20.9 Å². The number of benzene rings is 2. The van der Waals surface area contributed by atoms with E-state index >= 15 is 0 Å². The Kier molecular flexibility index (Phi) is 8.77. The summed E-state index contributed by atoms with van der Waals surface area (Å²) >= 11 is 0. The molecule has 4 rings (SSSR count). The molecule has 0 radical (unpaired) electrons. The van der Waals surface area contributed by atoms with Crippen LogP contribution in [0.1, 0.15) is 33.4 Å². The Bertz CT molecular complexity index is 1550. The normalized spacial score (nSPS) is 23.0. The van der Waals surface area contributed by atoms with Crippen LogP contribution in [0.2, 0.25) is 0 Å². The predicted octanol–water partition coefficient (Wildman–Crippen LogP) is 3.03. The van der Waals surface area contributed by atoms with E-state index in [2.05, 4.69) is 16.7 Å². The fourth-order valence-corrected chi connectivity index (χ4v) is 5.85. The molecule has 1 aromatic heterocycles. The van der Waals surface area contributed by atoms with Gasteiger partial charge in [-0.15, -0.1) is 6.58 Å². The van der Waals surface area contributed by atoms with Crippen LogP contribution in [-0.2, 0) is 23.4 Å². The number of rotatable bonds is 11. The highest BCUT2D eigenvalue weighted by molar-refractivity contribution is 7.52. The second kappa shape index (κ2) is 11.9. The summed E-state index contributed by atoms with van der Waals surface area (Å²) in [7, 11) is -4.31. The lowest BCUT2D eigenvalue weighted by Crippen LogP contribution is -2.39. The number of aromatic nitrogens is 2. The van der Waals surface area contributed by atoms with Crippen molar-refractivity contribution in [3.8, 4) is 5.75 Å². The van der Waals surface area contributed by atoms with Crippen LogP contribution in [0.4, 0.5) is 0 Å². The van der Waals surface area contributed by atoms with E-state index in [-0.39, 0.29) is 12.2 Å². The van der Waals surface area contributed by atoms with E-state index in [1.165, 1.54) is 19.2 Å². The average molecular weight is 574 g/mol. The van der Waals surface area contributed by atoms with E-state index in [0.29, 0.717) is 5.39 Å². The lowest BCUT2D eigenvalue weighted by atomic mass is 10.0. The van der Waals surface area contributed by atoms with Gasteiger partial charge in [-0.1, -0.05) is 42.5 Å². The largest absolute Gasteiger partial charge is 0.462 e. The standard InChI is InChI=1S/C27H32N3O9P/c1-5-27(15-21(31)24(38-27)30-14-13-23(32)28-26(30)34)16-36-40(35,29-18(4)25(33)37-17(2)3)39-22-12-8-10-19-9-6-7-11-20(19)22/h5-14,17-18,21,24,31H,1,15-16H2,2-4H3,(H,29,35)(H,28,32,34)/t18-,21+,24+,27-,40?/m0/s1. The number of aliphatic hydroxyl groups is 1. The number of nitrogens with zero attached hydrogens (tertiary/aromatic N) is 1. The lowest BCUT2D eigenvalue weighted by Gasteiger charge is -2.29. The molecule has 2 heterocycles. The molecule has 0 aliphatic carbocycles. The van der Waals surface area contributed by atoms with Crippen LogP contribution >= 0.6 is 7.75 Å². The number of carbonyl (C=O) groups excluding carboxylic acids is 1. The number of carbonyl (C=O) groups is 1. The maximum absolute atomic E-state index is 14.2. The van der Waals surface area contributed by atoms with Crippen molar-refractivity contribution in [2.45, 2.75) is 57.3 Å². The number of aliphatic hydroxyl groups excluding tert-OH is 1. The van der Waals surface area contributed by atoms with Gasteiger partial charge in [-0.25, -0.2) is 9.36 Å². The van der Waals surface area contributed by atoms with E-state index < -0.39 is 61.7 Å². The molecule has 0 amide bonds. The van der Waals surface area contributed by atoms with Gasteiger partial charge in [0.25, 0.3) is 5.56 Å². The molecular weight excluding hydrogens is 541 g/mol. The van der Waals surface area contributed by atoms with E-state index in [1.807, 2.05) is 18.2 Å². The second-order valence-electron chi connectivity index (χ2n) is 9.74. The maximum atomic E-state index is 14.2. The predicted molar refractivity (Wildman–Crippen MR) is 147 cm³/mol. The van der Waals surface area contributed by atoms with Gasteiger partial charge in [-0.3, -0.25) is 23.7 Å². The molecular formula is C27H32N3O9P. The highest BCUT2D eigenvalue weighted by atomic mass is 31.2. The fourth-order valence-electron chi connectivity index (χ4n) is 4.29. The molecule has 0 spiro atoms. The van der Waals surface area contributed by atoms with Crippen LogP contribution in [0.5, 0.6) is 5.75 Å². The van der Waals surface area contributed by atoms with Crippen molar-refractivity contribution in [2.24, 2.45) is 0 Å². The van der Waals surface area contributed by atoms with E-state index in [1.54, 1.807) is 38.1 Å². The molecule has 1 aliphatic rings. The van der Waals surface area contributed by atoms with Crippen LogP contribution in [0, 0.1) is 0 Å². The SMILES string of the molecule is C=C[C@@]1(COP(=O)(N[C@@H](C)C(=O)OC(C)C)Oc2cccc3ccccc23)C[C@@H](O)[C@H](n2ccc(=O)[nH]c2=O)O1. The van der Waals surface area contributed by atoms with Gasteiger partial charge in [0.05, 0.1) is 12.7 Å². The number of nitrogens with one attached hydrogen (secondary N) is 2. The number of hydrogen-bond donors (Lipinski definition) is 3. The van der Waals surface area contributed by atoms with Gasteiger partial charge >= 0.3 is 19.4 Å². The highest BCUT2D eigenvalue weighted by Gasteiger charge is 2.47. The first-order chi connectivity index (χ1) is 18.9. The molecule has 214 valence electrons. The summed E-state index contributed by atoms with van der Waals surface area (Å²) < 4.78 is 38.2. The molecule has 1 saturated heterocycles. The van der Waals surface area contributed by atoms with Gasteiger partial charge < -0.3 is 19.1 Å². The van der Waals surface area contributed by atoms with Crippen molar-refractivity contribution in [1.29, 1.82) is 0 Å². The number of aromatic amines is 1. The molecule has 5 atom stereocenters. The van der Waals surface area contributed by atoms with Gasteiger partial charge in [0.1, 0.15) is 23.5 Å². The Balaban J connectivity index is 1.61. The topological polar surface area (TPSA) is 158 Å². The summed E-state index contributed by atoms with van der Waals surface area (Å²) in [5.74, 6) is -0.417. The molecule has 40 heavy (non-hydrogen) atoms. The van der Waals surface area contributed by atoms with Crippen molar-refractivity contribution in [3.63, 3.8) is 0 Å². The first-order valence-electron chi connectivity index (χ1n) is 12.7. The monoisotopic (exact) mass is 573 g/mol. The second-order valence-corrected chi connectivity index (χ2v) is 11.4. The number of hydrogen-bond acceptors (Lipinski definition) is 9. The number of fused-ring (bicyclic) bond motifs is 1. The smallest absolute Gasteiger partial charge is 0.459 e. The molecule has 12 nitrogen and oxygen atoms in total. The molecule has 3 N–H and O–H groups in total. The number of esters is 1. The zero-order valence-corrected chi connectivity index (χ0v) is 23.2. The van der Waals surface area contributed by atoms with Crippen LogP contribution in [0.25, 0.3) is 10.8 Å². The Labute approximate surface area is 230 Å². The maximum Gasteiger partial charge on any atom is 0.459 e. The van der Waals surface area contributed by atoms with Crippen molar-refractivity contribution >= 4 is 24.5 Å². The number of H-pyrrole nitrogens is 1. The minimum Gasteiger partial charge on any atom is -0.462 e. The summed E-state index contributed by atoms with van der Waals surface area (Å²) in [5, 5.41) is 14.9. The summed E-state index contributed by atoms with van der Waals surface area (Å²) in [6.45, 7) is 8.19. The zero-order chi connectivity index (χ0) is 29.1. The van der Waals surface area contributed by atoms with Gasteiger partial charge in [0.2, 0.25) is 0 Å². The Morgan fingerprint density at radius 1 is 1.25 bits per heavy atom. The molecule has 0 saturated carbocycles. The summed E-state index contributed by atoms with van der Waals surface area (Å²) in [5.41, 5.74) is -2.78. The van der Waals surface area contributed by atoms with Crippen LogP contribution in [-0.4, -0.2) is 51.1 Å². The zero-order valence-electron chi connectivity index (χ0n) is 22.3. The summed E-state index contributed by atoms with van der Waals surface area (Å²) in [6, 6.07) is 12.6. The van der Waals surface area contributed by atoms with Crippen molar-refractivity contribution in [1.82, 2.24) is 14.6 Å². The average Bonchev–Trinajstić information content (AvgIpc) is 3.24. The first kappa shape index (κ1) is 29.4. The molecule has 1 fully saturated rings. The van der Waals surface area contributed by atoms with E-state index in [0.717, 1.165) is 16.0 Å².